The molecule has 100 valence electrons. The van der Waals surface area contributed by atoms with Crippen LogP contribution in [0.3, 0.4) is 0 Å². The van der Waals surface area contributed by atoms with Crippen LogP contribution >= 0.6 is 0 Å². The summed E-state index contributed by atoms with van der Waals surface area (Å²) in [5.41, 5.74) is 8.92. The normalized spacial score (nSPS) is 17.3. The molecule has 0 amide bonds. The largest absolute Gasteiger partial charge is 0.366 e. The molecular weight excluding hydrogens is 222 g/mol. The van der Waals surface area contributed by atoms with Gasteiger partial charge in [0.05, 0.1) is 11.4 Å². The summed E-state index contributed by atoms with van der Waals surface area (Å²) in [5.74, 6) is 0. The molecule has 2 rings (SSSR count). The summed E-state index contributed by atoms with van der Waals surface area (Å²) in [5, 5.41) is 0. The van der Waals surface area contributed by atoms with Crippen molar-refractivity contribution in [3.8, 4) is 0 Å². The van der Waals surface area contributed by atoms with Gasteiger partial charge in [0.15, 0.2) is 0 Å². The highest BCUT2D eigenvalue weighted by molar-refractivity contribution is 5.73. The molecule has 0 aromatic heterocycles. The van der Waals surface area contributed by atoms with Crippen LogP contribution in [0.2, 0.25) is 0 Å². The van der Waals surface area contributed by atoms with E-state index in [1.165, 1.54) is 11.4 Å². The van der Waals surface area contributed by atoms with E-state index in [4.69, 9.17) is 5.73 Å². The van der Waals surface area contributed by atoms with Gasteiger partial charge in [-0.1, -0.05) is 12.1 Å². The van der Waals surface area contributed by atoms with Crippen LogP contribution in [0.5, 0.6) is 0 Å². The summed E-state index contributed by atoms with van der Waals surface area (Å²) >= 11 is 0. The summed E-state index contributed by atoms with van der Waals surface area (Å²) in [7, 11) is 0. The summed E-state index contributed by atoms with van der Waals surface area (Å²) in [6, 6.07) is 9.80. The first-order chi connectivity index (χ1) is 8.50. The molecule has 0 saturated carbocycles. The first-order valence-electron chi connectivity index (χ1n) is 6.88. The SMILES string of the molecule is CC(C)N1CC(N)CN(C(C)C)c2ccccc21. The Labute approximate surface area is 111 Å². The maximum atomic E-state index is 6.29. The molecule has 0 bridgehead atoms. The van der Waals surface area contributed by atoms with E-state index in [-0.39, 0.29) is 6.04 Å². The average Bonchev–Trinajstić information content (AvgIpc) is 2.47. The fourth-order valence-corrected chi connectivity index (χ4v) is 2.69. The molecule has 3 nitrogen and oxygen atoms in total. The molecule has 1 aromatic rings. The van der Waals surface area contributed by atoms with Crippen LogP contribution in [0.25, 0.3) is 0 Å². The minimum Gasteiger partial charge on any atom is -0.366 e. The zero-order valence-electron chi connectivity index (χ0n) is 11.9. The second kappa shape index (κ2) is 5.19. The predicted octanol–water partition coefficient (Wildman–Crippen LogP) is 2.46. The van der Waals surface area contributed by atoms with Gasteiger partial charge in [-0.2, -0.15) is 0 Å². The average molecular weight is 247 g/mol. The monoisotopic (exact) mass is 247 g/mol. The number of anilines is 2. The second-order valence-corrected chi connectivity index (χ2v) is 5.74. The number of hydrogen-bond donors (Lipinski definition) is 1. The van der Waals surface area contributed by atoms with Crippen molar-refractivity contribution in [2.45, 2.75) is 45.8 Å². The number of rotatable bonds is 2. The van der Waals surface area contributed by atoms with Gasteiger partial charge in [0.25, 0.3) is 0 Å². The van der Waals surface area contributed by atoms with Crippen molar-refractivity contribution in [3.63, 3.8) is 0 Å². The molecule has 0 aliphatic carbocycles. The molecule has 3 heteroatoms. The van der Waals surface area contributed by atoms with Crippen molar-refractivity contribution >= 4 is 11.4 Å². The van der Waals surface area contributed by atoms with E-state index < -0.39 is 0 Å². The van der Waals surface area contributed by atoms with E-state index >= 15 is 0 Å². The molecule has 0 unspecified atom stereocenters. The molecule has 0 saturated heterocycles. The predicted molar refractivity (Wildman–Crippen MR) is 79.4 cm³/mol. The van der Waals surface area contributed by atoms with Gasteiger partial charge in [0.1, 0.15) is 0 Å². The molecule has 1 aromatic carbocycles. The standard InChI is InChI=1S/C15H25N3/c1-11(2)17-9-13(16)10-18(12(3)4)15-8-6-5-7-14(15)17/h5-8,11-13H,9-10,16H2,1-4H3. The Kier molecular flexibility index (Phi) is 3.81. The van der Waals surface area contributed by atoms with Gasteiger partial charge in [-0.15, -0.1) is 0 Å². The molecule has 0 atom stereocenters. The summed E-state index contributed by atoms with van der Waals surface area (Å²) in [6.07, 6.45) is 0. The lowest BCUT2D eigenvalue weighted by Crippen LogP contribution is -2.45. The third kappa shape index (κ3) is 2.46. The van der Waals surface area contributed by atoms with Crippen molar-refractivity contribution in [2.75, 3.05) is 22.9 Å². The summed E-state index contributed by atoms with van der Waals surface area (Å²) in [6.45, 7) is 10.8. The Hall–Kier alpha value is -1.22. The number of hydrogen-bond acceptors (Lipinski definition) is 3. The zero-order chi connectivity index (χ0) is 13.3. The van der Waals surface area contributed by atoms with Crippen molar-refractivity contribution in [1.29, 1.82) is 0 Å². The van der Waals surface area contributed by atoms with Crippen LogP contribution in [0.15, 0.2) is 24.3 Å². The smallest absolute Gasteiger partial charge is 0.0607 e. The third-order valence-electron chi connectivity index (χ3n) is 3.61. The van der Waals surface area contributed by atoms with Crippen LogP contribution in [0.4, 0.5) is 11.4 Å². The van der Waals surface area contributed by atoms with Crippen molar-refractivity contribution < 1.29 is 0 Å². The molecule has 0 spiro atoms. The molecular formula is C15H25N3. The van der Waals surface area contributed by atoms with E-state index in [0.29, 0.717) is 12.1 Å². The van der Waals surface area contributed by atoms with Gasteiger partial charge in [0, 0.05) is 31.2 Å². The fraction of sp³-hybridized carbons (Fsp3) is 0.600. The van der Waals surface area contributed by atoms with Crippen LogP contribution in [-0.2, 0) is 0 Å². The number of nitrogens with two attached hydrogens (primary N) is 1. The van der Waals surface area contributed by atoms with Crippen LogP contribution < -0.4 is 15.5 Å². The zero-order valence-corrected chi connectivity index (χ0v) is 11.9. The van der Waals surface area contributed by atoms with E-state index in [1.807, 2.05) is 0 Å². The highest BCUT2D eigenvalue weighted by Gasteiger charge is 2.26. The number of fused-ring (bicyclic) bond motifs is 1. The van der Waals surface area contributed by atoms with Gasteiger partial charge in [-0.05, 0) is 39.8 Å². The van der Waals surface area contributed by atoms with Gasteiger partial charge in [-0.25, -0.2) is 0 Å². The van der Waals surface area contributed by atoms with Crippen molar-refractivity contribution in [2.24, 2.45) is 5.73 Å². The Balaban J connectivity index is 2.48. The molecule has 0 radical (unpaired) electrons. The van der Waals surface area contributed by atoms with Gasteiger partial charge in [-0.3, -0.25) is 0 Å². The van der Waals surface area contributed by atoms with Crippen LogP contribution in [-0.4, -0.2) is 31.2 Å². The quantitative estimate of drug-likeness (QED) is 0.871. The summed E-state index contributed by atoms with van der Waals surface area (Å²) in [4.78, 5) is 4.84. The van der Waals surface area contributed by atoms with Crippen LogP contribution in [0, 0.1) is 0 Å². The number of benzene rings is 1. The first-order valence-corrected chi connectivity index (χ1v) is 6.88. The van der Waals surface area contributed by atoms with E-state index in [9.17, 15) is 0 Å². The lowest BCUT2D eigenvalue weighted by molar-refractivity contribution is 0.574. The topological polar surface area (TPSA) is 32.5 Å². The highest BCUT2D eigenvalue weighted by atomic mass is 15.3. The minimum atomic E-state index is 0.196. The number of nitrogens with zero attached hydrogens (tertiary/aromatic N) is 2. The molecule has 1 heterocycles. The fourth-order valence-electron chi connectivity index (χ4n) is 2.69. The lowest BCUT2D eigenvalue weighted by atomic mass is 10.2. The molecule has 2 N–H and O–H groups in total. The van der Waals surface area contributed by atoms with Gasteiger partial charge in [0.2, 0.25) is 0 Å². The van der Waals surface area contributed by atoms with Crippen molar-refractivity contribution in [3.05, 3.63) is 24.3 Å². The Morgan fingerprint density at radius 1 is 0.944 bits per heavy atom. The van der Waals surface area contributed by atoms with E-state index in [1.54, 1.807) is 0 Å². The Morgan fingerprint density at radius 2 is 1.33 bits per heavy atom. The minimum absolute atomic E-state index is 0.196. The van der Waals surface area contributed by atoms with Gasteiger partial charge >= 0.3 is 0 Å². The maximum Gasteiger partial charge on any atom is 0.0607 e. The number of para-hydroxylation sites is 2. The Morgan fingerprint density at radius 3 is 1.67 bits per heavy atom. The first kappa shape index (κ1) is 13.2. The molecule has 1 aliphatic heterocycles. The third-order valence-corrected chi connectivity index (χ3v) is 3.61. The lowest BCUT2D eigenvalue weighted by Gasteiger charge is -2.31. The van der Waals surface area contributed by atoms with Gasteiger partial charge < -0.3 is 15.5 Å². The highest BCUT2D eigenvalue weighted by Crippen LogP contribution is 2.34. The van der Waals surface area contributed by atoms with E-state index in [0.717, 1.165) is 13.1 Å². The summed E-state index contributed by atoms with van der Waals surface area (Å²) < 4.78 is 0. The van der Waals surface area contributed by atoms with E-state index in [2.05, 4.69) is 61.8 Å². The molecule has 18 heavy (non-hydrogen) atoms. The molecule has 0 fully saturated rings. The van der Waals surface area contributed by atoms with Crippen LogP contribution in [0.1, 0.15) is 27.7 Å². The second-order valence-electron chi connectivity index (χ2n) is 5.74. The maximum absolute atomic E-state index is 6.29. The molecule has 1 aliphatic rings. The Bertz CT molecular complexity index is 363. The van der Waals surface area contributed by atoms with Crippen molar-refractivity contribution in [1.82, 2.24) is 0 Å².